The fourth-order valence-electron chi connectivity index (χ4n) is 2.66. The largest absolute Gasteiger partial charge is 0.391 e. The zero-order valence-corrected chi connectivity index (χ0v) is 13.5. The molecule has 1 amide bonds. The third-order valence-electron chi connectivity index (χ3n) is 3.88. The lowest BCUT2D eigenvalue weighted by molar-refractivity contribution is -0.134. The zero-order valence-electron chi connectivity index (χ0n) is 12.6. The van der Waals surface area contributed by atoms with Gasteiger partial charge in [0.1, 0.15) is 6.33 Å². The SMILES string of the molecule is CC(C)n1cnnc1CN(C)C(=O)[C@H]1C[C@H](N)[C@@H](O)C1.Cl. The molecule has 1 aliphatic rings. The summed E-state index contributed by atoms with van der Waals surface area (Å²) >= 11 is 0. The summed E-state index contributed by atoms with van der Waals surface area (Å²) in [6.07, 6.45) is 2.09. The summed E-state index contributed by atoms with van der Waals surface area (Å²) in [5, 5.41) is 17.6. The third kappa shape index (κ3) is 3.93. The second-order valence-corrected chi connectivity index (χ2v) is 5.84. The number of carbonyl (C=O) groups is 1. The predicted molar refractivity (Wildman–Crippen MR) is 80.8 cm³/mol. The molecule has 1 heterocycles. The molecule has 0 unspecified atom stereocenters. The first-order valence-corrected chi connectivity index (χ1v) is 6.97. The molecule has 1 fully saturated rings. The first kappa shape index (κ1) is 17.9. The van der Waals surface area contributed by atoms with E-state index in [-0.39, 0.29) is 36.3 Å². The molecule has 0 saturated heterocycles. The van der Waals surface area contributed by atoms with E-state index in [0.717, 1.165) is 5.82 Å². The lowest BCUT2D eigenvalue weighted by atomic mass is 10.1. The maximum Gasteiger partial charge on any atom is 0.225 e. The summed E-state index contributed by atoms with van der Waals surface area (Å²) in [4.78, 5) is 14.0. The number of carbonyl (C=O) groups excluding carboxylic acids is 1. The number of aliphatic hydroxyl groups is 1. The van der Waals surface area contributed by atoms with Crippen molar-refractivity contribution in [3.8, 4) is 0 Å². The number of nitrogens with two attached hydrogens (primary N) is 1. The van der Waals surface area contributed by atoms with Crippen LogP contribution in [0.1, 0.15) is 38.6 Å². The summed E-state index contributed by atoms with van der Waals surface area (Å²) in [5.74, 6) is 0.578. The Hall–Kier alpha value is -1.18. The van der Waals surface area contributed by atoms with Crippen LogP contribution in [0.15, 0.2) is 6.33 Å². The lowest BCUT2D eigenvalue weighted by Gasteiger charge is -2.21. The first-order valence-electron chi connectivity index (χ1n) is 6.97. The Labute approximate surface area is 130 Å². The van der Waals surface area contributed by atoms with Crippen molar-refractivity contribution in [3.05, 3.63) is 12.2 Å². The van der Waals surface area contributed by atoms with E-state index in [0.29, 0.717) is 19.4 Å². The Kier molecular flexibility index (Phi) is 6.12. The van der Waals surface area contributed by atoms with Crippen LogP contribution in [0.5, 0.6) is 0 Å². The summed E-state index contributed by atoms with van der Waals surface area (Å²) in [7, 11) is 1.75. The van der Waals surface area contributed by atoms with Crippen LogP contribution in [0.2, 0.25) is 0 Å². The van der Waals surface area contributed by atoms with Crippen LogP contribution in [-0.4, -0.2) is 49.9 Å². The van der Waals surface area contributed by atoms with Crippen LogP contribution < -0.4 is 5.73 Å². The van der Waals surface area contributed by atoms with E-state index in [9.17, 15) is 9.90 Å². The average Bonchev–Trinajstić information content (AvgIpc) is 2.96. The Morgan fingerprint density at radius 2 is 2.24 bits per heavy atom. The Morgan fingerprint density at radius 1 is 1.57 bits per heavy atom. The van der Waals surface area contributed by atoms with Gasteiger partial charge in [-0.25, -0.2) is 0 Å². The monoisotopic (exact) mass is 317 g/mol. The highest BCUT2D eigenvalue weighted by molar-refractivity contribution is 5.85. The van der Waals surface area contributed by atoms with Gasteiger partial charge in [0.15, 0.2) is 5.82 Å². The topological polar surface area (TPSA) is 97.3 Å². The molecule has 0 aromatic carbocycles. The summed E-state index contributed by atoms with van der Waals surface area (Å²) in [6, 6.07) is -0.0399. The maximum absolute atomic E-state index is 12.3. The first-order chi connectivity index (χ1) is 9.40. The molecule has 0 aliphatic heterocycles. The van der Waals surface area contributed by atoms with E-state index in [2.05, 4.69) is 10.2 Å². The molecular formula is C13H24ClN5O2. The van der Waals surface area contributed by atoms with Crippen LogP contribution in [0.25, 0.3) is 0 Å². The van der Waals surface area contributed by atoms with E-state index in [1.807, 2.05) is 18.4 Å². The highest BCUT2D eigenvalue weighted by Crippen LogP contribution is 2.26. The standard InChI is InChI=1S/C13H23N5O2.ClH/c1-8(2)18-7-15-16-12(18)6-17(3)13(20)9-4-10(14)11(19)5-9;/h7-11,19H,4-6,14H2,1-3H3;1H/t9-,10-,11-;/m0./s1. The van der Waals surface area contributed by atoms with Crippen LogP contribution in [0.4, 0.5) is 0 Å². The minimum absolute atomic E-state index is 0. The van der Waals surface area contributed by atoms with Gasteiger partial charge in [-0.15, -0.1) is 22.6 Å². The van der Waals surface area contributed by atoms with Crippen molar-refractivity contribution < 1.29 is 9.90 Å². The molecule has 2 rings (SSSR count). The van der Waals surface area contributed by atoms with Crippen LogP contribution in [-0.2, 0) is 11.3 Å². The number of hydrogen-bond donors (Lipinski definition) is 2. The molecule has 1 aliphatic carbocycles. The fourth-order valence-corrected chi connectivity index (χ4v) is 2.66. The number of aromatic nitrogens is 3. The van der Waals surface area contributed by atoms with E-state index in [1.54, 1.807) is 18.3 Å². The second kappa shape index (κ2) is 7.20. The third-order valence-corrected chi connectivity index (χ3v) is 3.88. The predicted octanol–water partition coefficient (Wildman–Crippen LogP) is 0.337. The molecule has 0 bridgehead atoms. The van der Waals surface area contributed by atoms with E-state index >= 15 is 0 Å². The van der Waals surface area contributed by atoms with Crippen molar-refractivity contribution in [2.75, 3.05) is 7.05 Å². The van der Waals surface area contributed by atoms with Gasteiger partial charge in [0, 0.05) is 25.0 Å². The van der Waals surface area contributed by atoms with Crippen LogP contribution in [0, 0.1) is 5.92 Å². The molecule has 1 aromatic heterocycles. The molecule has 120 valence electrons. The Morgan fingerprint density at radius 3 is 2.76 bits per heavy atom. The van der Waals surface area contributed by atoms with Crippen LogP contribution in [0.3, 0.4) is 0 Å². The molecular weight excluding hydrogens is 294 g/mol. The average molecular weight is 318 g/mol. The lowest BCUT2D eigenvalue weighted by Crippen LogP contribution is -2.33. The molecule has 0 radical (unpaired) electrons. The maximum atomic E-state index is 12.3. The minimum Gasteiger partial charge on any atom is -0.391 e. The molecule has 8 heteroatoms. The van der Waals surface area contributed by atoms with E-state index < -0.39 is 6.10 Å². The normalized spacial score (nSPS) is 25.0. The number of halogens is 1. The van der Waals surface area contributed by atoms with Gasteiger partial charge in [0.2, 0.25) is 5.91 Å². The van der Waals surface area contributed by atoms with Gasteiger partial charge >= 0.3 is 0 Å². The van der Waals surface area contributed by atoms with Gasteiger partial charge in [-0.1, -0.05) is 0 Å². The number of nitrogens with zero attached hydrogens (tertiary/aromatic N) is 4. The van der Waals surface area contributed by atoms with E-state index in [1.165, 1.54) is 0 Å². The zero-order chi connectivity index (χ0) is 14.9. The minimum atomic E-state index is -0.573. The molecule has 3 atom stereocenters. The summed E-state index contributed by atoms with van der Waals surface area (Å²) in [5.41, 5.74) is 5.76. The Balaban J connectivity index is 0.00000220. The van der Waals surface area contributed by atoms with Crippen molar-refractivity contribution >= 4 is 18.3 Å². The number of aliphatic hydroxyl groups excluding tert-OH is 1. The highest BCUT2D eigenvalue weighted by atomic mass is 35.5. The number of rotatable bonds is 4. The highest BCUT2D eigenvalue weighted by Gasteiger charge is 2.36. The quantitative estimate of drug-likeness (QED) is 0.834. The van der Waals surface area contributed by atoms with Crippen molar-refractivity contribution in [3.63, 3.8) is 0 Å². The van der Waals surface area contributed by atoms with Gasteiger partial charge < -0.3 is 20.3 Å². The number of hydrogen-bond acceptors (Lipinski definition) is 5. The summed E-state index contributed by atoms with van der Waals surface area (Å²) < 4.78 is 1.94. The van der Waals surface area contributed by atoms with E-state index in [4.69, 9.17) is 5.73 Å². The van der Waals surface area contributed by atoms with Gasteiger partial charge in [-0.2, -0.15) is 0 Å². The molecule has 0 spiro atoms. The van der Waals surface area contributed by atoms with Gasteiger partial charge in [0.25, 0.3) is 0 Å². The van der Waals surface area contributed by atoms with Gasteiger partial charge in [0.05, 0.1) is 12.6 Å². The smallest absolute Gasteiger partial charge is 0.225 e. The molecule has 7 nitrogen and oxygen atoms in total. The molecule has 3 N–H and O–H groups in total. The fraction of sp³-hybridized carbons (Fsp3) is 0.769. The molecule has 1 saturated carbocycles. The number of amides is 1. The van der Waals surface area contributed by atoms with Gasteiger partial charge in [-0.3, -0.25) is 4.79 Å². The van der Waals surface area contributed by atoms with Crippen LogP contribution >= 0.6 is 12.4 Å². The molecule has 21 heavy (non-hydrogen) atoms. The summed E-state index contributed by atoms with van der Waals surface area (Å²) in [6.45, 7) is 4.50. The second-order valence-electron chi connectivity index (χ2n) is 5.84. The van der Waals surface area contributed by atoms with Gasteiger partial charge in [-0.05, 0) is 26.7 Å². The van der Waals surface area contributed by atoms with Crippen molar-refractivity contribution in [1.82, 2.24) is 19.7 Å². The van der Waals surface area contributed by atoms with Crippen molar-refractivity contribution in [1.29, 1.82) is 0 Å². The Bertz CT molecular complexity index is 469. The molecule has 1 aromatic rings. The van der Waals surface area contributed by atoms with Crippen molar-refractivity contribution in [2.45, 2.75) is 51.4 Å². The van der Waals surface area contributed by atoms with Crippen molar-refractivity contribution in [2.24, 2.45) is 11.7 Å².